The Labute approximate surface area is 615 Å². The maximum atomic E-state index is 12.3. The fourth-order valence-corrected chi connectivity index (χ4v) is 34.4. The highest BCUT2D eigenvalue weighted by atomic mass is 79.9. The number of anilines is 6. The normalized spacial score (nSPS) is 14.2. The maximum Gasteiger partial charge on any atom is 0.497 e. The van der Waals surface area contributed by atoms with Crippen LogP contribution in [-0.2, 0) is 178 Å². The topological polar surface area (TPSA) is 33.7 Å². The van der Waals surface area contributed by atoms with Crippen LogP contribution in [0.5, 0.6) is 0 Å². The monoisotopic (exact) mass is 1680 g/mol. The molecule has 92 heavy (non-hydrogen) atoms. The van der Waals surface area contributed by atoms with Gasteiger partial charge in [0.15, 0.2) is 5.69 Å². The van der Waals surface area contributed by atoms with Gasteiger partial charge < -0.3 is 19.1 Å². The van der Waals surface area contributed by atoms with Crippen molar-refractivity contribution in [2.75, 3.05) is 9.80 Å². The first-order valence-corrected chi connectivity index (χ1v) is 52.6. The third-order valence-electron chi connectivity index (χ3n) is 14.8. The lowest BCUT2D eigenvalue weighted by atomic mass is 9.73. The molecule has 1 saturated heterocycles. The quantitative estimate of drug-likeness (QED) is 0.0980. The summed E-state index contributed by atoms with van der Waals surface area (Å²) in [5.74, 6) is 0. The molecule has 8 aromatic rings. The Hall–Kier alpha value is -1.64. The zero-order valence-electron chi connectivity index (χ0n) is 50.2. The van der Waals surface area contributed by atoms with Crippen molar-refractivity contribution in [1.82, 2.24) is 0 Å². The Kier molecular flexibility index (Phi) is 32.4. The fourth-order valence-electron chi connectivity index (χ4n) is 10.1. The number of benzene rings is 6. The number of rotatable bonds is 4. The zero-order valence-corrected chi connectivity index (χ0v) is 69.8. The summed E-state index contributed by atoms with van der Waals surface area (Å²) < 4.78 is 49.7. The first kappa shape index (κ1) is 79.4. The van der Waals surface area contributed by atoms with E-state index < -0.39 is 17.4 Å². The Morgan fingerprint density at radius 1 is 0.511 bits per heavy atom. The molecule has 1 fully saturated rings. The summed E-state index contributed by atoms with van der Waals surface area (Å²) in [7, 11) is 24.3. The van der Waals surface area contributed by atoms with E-state index in [1.165, 1.54) is 92.7 Å². The molecule has 0 bridgehead atoms. The van der Waals surface area contributed by atoms with Crippen molar-refractivity contribution >= 4 is 272 Å². The van der Waals surface area contributed by atoms with E-state index in [1.807, 2.05) is 19.1 Å². The van der Waals surface area contributed by atoms with Crippen LogP contribution in [0.2, 0.25) is 0 Å². The van der Waals surface area contributed by atoms with Crippen molar-refractivity contribution in [3.63, 3.8) is 0 Å². The van der Waals surface area contributed by atoms with E-state index in [4.69, 9.17) is 22.5 Å². The van der Waals surface area contributed by atoms with Gasteiger partial charge in [-0.15, -0.1) is 40.5 Å². The number of hydrogen-bond donors (Lipinski definition) is 0. The smallest absolute Gasteiger partial charge is 0.399 e. The van der Waals surface area contributed by atoms with Crippen LogP contribution in [0.3, 0.4) is 0 Å². The average molecular weight is 1680 g/mol. The van der Waals surface area contributed by atoms with Crippen molar-refractivity contribution in [2.45, 2.75) is 90.5 Å². The minimum absolute atomic E-state index is 0.0640. The van der Waals surface area contributed by atoms with E-state index in [2.05, 4.69) is 279 Å². The third-order valence-corrected chi connectivity index (χ3v) is 39.5. The van der Waals surface area contributed by atoms with Gasteiger partial charge in [-0.1, -0.05) is 161 Å². The van der Waals surface area contributed by atoms with Gasteiger partial charge in [-0.05, 0) is 115 Å². The van der Waals surface area contributed by atoms with Gasteiger partial charge in [0.1, 0.15) is 5.00 Å². The first-order chi connectivity index (χ1) is 43.9. The molecule has 0 saturated carbocycles. The van der Waals surface area contributed by atoms with Gasteiger partial charge in [-0.3, -0.25) is 0 Å². The molecule has 484 valence electrons. The molecule has 6 aromatic carbocycles. The molecule has 5 heterocycles. The number of alkyl halides is 3. The predicted molar refractivity (Wildman–Crippen MR) is 445 cm³/mol. The lowest BCUT2D eigenvalue weighted by Gasteiger charge is -2.41. The Bertz CT molecular complexity index is 4470. The molecule has 3 aliphatic heterocycles. The molecule has 2 atom stereocenters. The zero-order chi connectivity index (χ0) is 67.4. The Morgan fingerprint density at radius 3 is 1.28 bits per heavy atom. The lowest BCUT2D eigenvalue weighted by molar-refractivity contribution is -0.136. The van der Waals surface area contributed by atoms with Crippen LogP contribution in [0, 0.1) is 20.1 Å². The number of nitrogens with zero attached hydrogens (tertiary/aromatic N) is 4. The van der Waals surface area contributed by atoms with Crippen LogP contribution in [0.25, 0.3) is 20.8 Å². The number of hydrogen-bond acceptors (Lipinski definition) is 10. The summed E-state index contributed by atoms with van der Waals surface area (Å²) in [5, 5.41) is 6.58. The number of halogens is 4. The van der Waals surface area contributed by atoms with Crippen LogP contribution in [0.4, 0.5) is 57.3 Å². The van der Waals surface area contributed by atoms with E-state index in [-0.39, 0.29) is 33.6 Å². The van der Waals surface area contributed by atoms with Crippen LogP contribution < -0.4 is 15.3 Å². The molecule has 0 radical (unpaired) electrons. The van der Waals surface area contributed by atoms with Crippen LogP contribution in [0.15, 0.2) is 161 Å². The first-order valence-electron chi connectivity index (χ1n) is 26.7. The SMILES string of the molecule is CC1(C)c2ccccc2N(c2sccc2B2OC(C)(C)C(C)(C)O2)c2ccccc21.PPP.S=S=S=S.S=S=S=S=S=S=S=S=S=S=S=S.[C-]#[N+]c1c(Br)cccc1C(F)(F)F.[C-]#[N+]c1c(C)cccc1-c1ccsc1N1c2ccccc2C(C)(C)c2ccccc21. The summed E-state index contributed by atoms with van der Waals surface area (Å²) >= 11 is 24.4. The van der Waals surface area contributed by atoms with Crippen LogP contribution >= 0.6 is 64.4 Å². The number of aryl methyl sites for hydroxylation is 1. The van der Waals surface area contributed by atoms with Crippen LogP contribution in [-0.4, -0.2) is 18.3 Å². The molecule has 3 aliphatic rings. The van der Waals surface area contributed by atoms with Crippen molar-refractivity contribution in [3.05, 3.63) is 217 Å². The number of fused-ring (bicyclic) bond motifs is 4. The molecule has 11 rings (SSSR count). The van der Waals surface area contributed by atoms with Crippen molar-refractivity contribution in [1.29, 1.82) is 0 Å². The predicted octanol–water partition coefficient (Wildman–Crippen LogP) is 19.8. The second-order valence-electron chi connectivity index (χ2n) is 21.2. The largest absolute Gasteiger partial charge is 0.497 e. The maximum absolute atomic E-state index is 12.3. The highest BCUT2D eigenvalue weighted by Crippen LogP contribution is 2.56. The third kappa shape index (κ3) is 19.6. The summed E-state index contributed by atoms with van der Waals surface area (Å²) in [6, 6.07) is 48.8. The summed E-state index contributed by atoms with van der Waals surface area (Å²) in [5.41, 5.74) is 12.9. The van der Waals surface area contributed by atoms with Crippen molar-refractivity contribution in [2.24, 2.45) is 0 Å². The van der Waals surface area contributed by atoms with E-state index >= 15 is 0 Å². The van der Waals surface area contributed by atoms with Crippen molar-refractivity contribution < 1.29 is 22.5 Å². The Balaban J connectivity index is 0.000000202. The minimum atomic E-state index is -4.47. The van der Waals surface area contributed by atoms with Gasteiger partial charge in [0.2, 0.25) is 5.69 Å². The molecule has 0 amide bonds. The van der Waals surface area contributed by atoms with Gasteiger partial charge in [0.05, 0.1) is 57.7 Å². The van der Waals surface area contributed by atoms with E-state index in [0.717, 1.165) is 51.9 Å². The van der Waals surface area contributed by atoms with Gasteiger partial charge in [0.25, 0.3) is 0 Å². The number of para-hydroxylation sites is 6. The van der Waals surface area contributed by atoms with Gasteiger partial charge in [0, 0.05) is 178 Å². The molecule has 2 unspecified atom stereocenters. The van der Waals surface area contributed by atoms with E-state index in [0.29, 0.717) is 0 Å². The molecular weight excluding hydrogens is 1630 g/mol. The van der Waals surface area contributed by atoms with Gasteiger partial charge in [-0.25, -0.2) is 9.69 Å². The van der Waals surface area contributed by atoms with Crippen molar-refractivity contribution in [3.8, 4) is 11.1 Å². The number of thiophene rings is 2. The van der Waals surface area contributed by atoms with E-state index in [9.17, 15) is 13.2 Å². The molecule has 32 heteroatoms. The summed E-state index contributed by atoms with van der Waals surface area (Å²) in [6.07, 6.45) is -4.47. The summed E-state index contributed by atoms with van der Waals surface area (Å²) in [6.45, 7) is 34.0. The molecule has 2 aromatic heterocycles. The summed E-state index contributed by atoms with van der Waals surface area (Å²) in [4.78, 5) is 11.5. The molecule has 0 N–H and O–H groups in total. The average Bonchev–Trinajstić information content (AvgIpc) is 0.948. The minimum Gasteiger partial charge on any atom is -0.399 e. The highest BCUT2D eigenvalue weighted by molar-refractivity contribution is 9.10. The lowest BCUT2D eigenvalue weighted by Crippen LogP contribution is -2.41. The molecule has 6 nitrogen and oxygen atoms in total. The molecule has 0 spiro atoms. The fraction of sp³-hybridized carbons (Fsp3) is 0.233. The van der Waals surface area contributed by atoms with Gasteiger partial charge in [-0.2, -0.15) is 13.2 Å². The standard InChI is InChI=1S/C27H22N2S.C25H28BNO2S.C8H3BrF3N.H5P3.S12.S4/c1-18-10-9-11-19(25(18)28-4)20-16-17-30-26(20)29-23-14-7-5-12-21(23)27(2,3)22-13-6-8-15-24(22)29;1-23(2)17-11-7-9-13-20(17)27(21-14-10-8-12-18(21)23)22-19(15-16-30-22)26-28-24(3,4)25(5,6)29-26;1-13-7-5(8(10,11)12)3-2-4-6(7)9;1-3-2;1-3-5-7-9-11-12-10-8-6-4-2;1-3-4-2/h5-17H,1-3H3;7-16H,1-6H3;2-4H;3H,1-2H2;;. The molecular formula is C60H58BBrF3N4O2P3S18. The second-order valence-corrected chi connectivity index (χ2v) is 49.4. The Morgan fingerprint density at radius 2 is 0.891 bits per heavy atom. The van der Waals surface area contributed by atoms with E-state index in [1.54, 1.807) is 93.7 Å². The highest BCUT2D eigenvalue weighted by Gasteiger charge is 2.53. The van der Waals surface area contributed by atoms with Crippen LogP contribution in [0.1, 0.15) is 88.8 Å². The van der Waals surface area contributed by atoms with Gasteiger partial charge >= 0.3 is 13.3 Å². The second kappa shape index (κ2) is 37.5. The molecule has 0 aliphatic carbocycles.